The highest BCUT2D eigenvalue weighted by Gasteiger charge is 2.13. The van der Waals surface area contributed by atoms with E-state index in [1.54, 1.807) is 12.1 Å². The lowest BCUT2D eigenvalue weighted by Gasteiger charge is -2.04. The molecule has 0 aliphatic carbocycles. The van der Waals surface area contributed by atoms with Gasteiger partial charge in [0.05, 0.1) is 12.1 Å². The number of halogens is 1. The van der Waals surface area contributed by atoms with Crippen LogP contribution in [0, 0.1) is 17.1 Å². The number of hydrogen-bond acceptors (Lipinski definition) is 6. The molecule has 0 aliphatic rings. The van der Waals surface area contributed by atoms with Crippen LogP contribution in [-0.4, -0.2) is 19.7 Å². The van der Waals surface area contributed by atoms with Gasteiger partial charge in [-0.05, 0) is 17.7 Å². The predicted octanol–water partition coefficient (Wildman–Crippen LogP) is 1.28. The van der Waals surface area contributed by atoms with Crippen LogP contribution in [0.1, 0.15) is 22.8 Å². The van der Waals surface area contributed by atoms with E-state index in [1.165, 1.54) is 29.1 Å². The van der Waals surface area contributed by atoms with E-state index in [9.17, 15) is 9.18 Å². The predicted molar refractivity (Wildman–Crippen MR) is 75.8 cm³/mol. The van der Waals surface area contributed by atoms with Crippen molar-refractivity contribution < 1.29 is 8.91 Å². The Balaban J connectivity index is 1.84. The molecular weight excluding hydrogens is 301 g/mol. The summed E-state index contributed by atoms with van der Waals surface area (Å²) in [7, 11) is 0. The number of aromatic nitrogens is 4. The normalized spacial score (nSPS) is 10.4. The summed E-state index contributed by atoms with van der Waals surface area (Å²) >= 11 is 0. The molecule has 0 N–H and O–H groups in total. The van der Waals surface area contributed by atoms with Crippen molar-refractivity contribution in [2.45, 2.75) is 13.0 Å². The zero-order chi connectivity index (χ0) is 16.2. The Morgan fingerprint density at radius 2 is 1.91 bits per heavy atom. The minimum atomic E-state index is -0.630. The summed E-state index contributed by atoms with van der Waals surface area (Å²) in [6.07, 6.45) is 3.06. The lowest BCUT2D eigenvalue weighted by atomic mass is 10.1. The van der Waals surface area contributed by atoms with Crippen LogP contribution in [-0.2, 0) is 13.0 Å². The highest BCUT2D eigenvalue weighted by atomic mass is 19.1. The van der Waals surface area contributed by atoms with Crippen molar-refractivity contribution in [3.8, 4) is 6.07 Å². The van der Waals surface area contributed by atoms with Gasteiger partial charge in [0.25, 0.3) is 0 Å². The number of benzene rings is 1. The Morgan fingerprint density at radius 3 is 2.57 bits per heavy atom. The van der Waals surface area contributed by atoms with Gasteiger partial charge in [-0.2, -0.15) is 5.26 Å². The van der Waals surface area contributed by atoms with E-state index in [0.717, 1.165) is 5.56 Å². The summed E-state index contributed by atoms with van der Waals surface area (Å²) in [6.45, 7) is 0.0740. The van der Waals surface area contributed by atoms with E-state index in [2.05, 4.69) is 19.6 Å². The zero-order valence-corrected chi connectivity index (χ0v) is 11.8. The molecular formula is C15H10FN5O2. The van der Waals surface area contributed by atoms with Gasteiger partial charge >= 0.3 is 5.76 Å². The molecule has 3 aromatic rings. The Labute approximate surface area is 129 Å². The van der Waals surface area contributed by atoms with E-state index in [4.69, 9.17) is 5.26 Å². The van der Waals surface area contributed by atoms with Gasteiger partial charge < -0.3 is 0 Å². The molecule has 8 heteroatoms. The molecule has 0 unspecified atom stereocenters. The minimum absolute atomic E-state index is 0.0740. The first-order valence-electron chi connectivity index (χ1n) is 6.66. The molecule has 0 saturated carbocycles. The summed E-state index contributed by atoms with van der Waals surface area (Å²) in [4.78, 5) is 19.8. The molecule has 0 atom stereocenters. The third kappa shape index (κ3) is 3.29. The molecule has 7 nitrogen and oxygen atoms in total. The molecule has 2 aromatic heterocycles. The molecule has 3 rings (SSSR count). The van der Waals surface area contributed by atoms with Gasteiger partial charge in [0.15, 0.2) is 5.82 Å². The average Bonchev–Trinajstić information content (AvgIpc) is 2.91. The Morgan fingerprint density at radius 1 is 1.22 bits per heavy atom. The van der Waals surface area contributed by atoms with Gasteiger partial charge in [-0.15, -0.1) is 0 Å². The second kappa shape index (κ2) is 6.19. The molecule has 0 spiro atoms. The first-order chi connectivity index (χ1) is 11.2. The molecule has 2 heterocycles. The maximum Gasteiger partial charge on any atom is 0.442 e. The van der Waals surface area contributed by atoms with Gasteiger partial charge in [-0.25, -0.2) is 19.2 Å². The highest BCUT2D eigenvalue weighted by molar-refractivity contribution is 5.22. The second-order valence-corrected chi connectivity index (χ2v) is 4.75. The largest absolute Gasteiger partial charge is 0.442 e. The molecule has 0 radical (unpaired) electrons. The van der Waals surface area contributed by atoms with E-state index < -0.39 is 5.76 Å². The Hall–Kier alpha value is -3.34. The third-order valence-corrected chi connectivity index (χ3v) is 3.17. The fraction of sp³-hybridized carbons (Fsp3) is 0.133. The van der Waals surface area contributed by atoms with Gasteiger partial charge in [-0.1, -0.05) is 17.3 Å². The van der Waals surface area contributed by atoms with E-state index in [0.29, 0.717) is 23.6 Å². The number of nitrogens with zero attached hydrogens (tertiary/aromatic N) is 5. The first-order valence-corrected chi connectivity index (χ1v) is 6.66. The molecule has 0 bridgehead atoms. The second-order valence-electron chi connectivity index (χ2n) is 4.75. The Bertz CT molecular complexity index is 907. The van der Waals surface area contributed by atoms with Crippen LogP contribution in [0.25, 0.3) is 0 Å². The maximum atomic E-state index is 12.9. The quantitative estimate of drug-likeness (QED) is 0.720. The van der Waals surface area contributed by atoms with Crippen LogP contribution in [0.3, 0.4) is 0 Å². The van der Waals surface area contributed by atoms with Crippen LogP contribution in [0.2, 0.25) is 0 Å². The maximum absolute atomic E-state index is 12.9. The topological polar surface area (TPSA) is 97.6 Å². The minimum Gasteiger partial charge on any atom is -0.296 e. The Kier molecular flexibility index (Phi) is 3.93. The van der Waals surface area contributed by atoms with Gasteiger partial charge in [0, 0.05) is 18.8 Å². The fourth-order valence-corrected chi connectivity index (χ4v) is 2.00. The monoisotopic (exact) mass is 311 g/mol. The van der Waals surface area contributed by atoms with Crippen molar-refractivity contribution in [2.24, 2.45) is 0 Å². The lowest BCUT2D eigenvalue weighted by Crippen LogP contribution is -2.19. The average molecular weight is 311 g/mol. The summed E-state index contributed by atoms with van der Waals surface area (Å²) in [5, 5.41) is 12.5. The smallest absolute Gasteiger partial charge is 0.296 e. The SMILES string of the molecule is N#Cc1cnc(Cn2c(Cc3ccc(F)cc3)noc2=O)nc1. The van der Waals surface area contributed by atoms with Crippen LogP contribution in [0.15, 0.2) is 46.0 Å². The molecule has 1 aromatic carbocycles. The number of nitriles is 1. The molecule has 0 fully saturated rings. The van der Waals surface area contributed by atoms with Crippen LogP contribution in [0.4, 0.5) is 4.39 Å². The first kappa shape index (κ1) is 14.6. The third-order valence-electron chi connectivity index (χ3n) is 3.17. The van der Waals surface area contributed by atoms with E-state index in [1.807, 2.05) is 6.07 Å². The van der Waals surface area contributed by atoms with E-state index >= 15 is 0 Å². The van der Waals surface area contributed by atoms with Crippen molar-refractivity contribution in [2.75, 3.05) is 0 Å². The number of hydrogen-bond donors (Lipinski definition) is 0. The standard InChI is InChI=1S/C15H10FN5O2/c16-12-3-1-10(2-4-12)5-14-20-23-15(22)21(14)9-13-18-7-11(6-17)8-19-13/h1-4,7-8H,5,9H2. The van der Waals surface area contributed by atoms with Crippen molar-refractivity contribution >= 4 is 0 Å². The fourth-order valence-electron chi connectivity index (χ4n) is 2.00. The highest BCUT2D eigenvalue weighted by Crippen LogP contribution is 2.09. The van der Waals surface area contributed by atoms with E-state index in [-0.39, 0.29) is 12.4 Å². The molecule has 0 aliphatic heterocycles. The van der Waals surface area contributed by atoms with Crippen LogP contribution in [0.5, 0.6) is 0 Å². The summed E-state index contributed by atoms with van der Waals surface area (Å²) in [5.74, 6) is -0.225. The molecule has 0 amide bonds. The number of rotatable bonds is 4. The molecule has 114 valence electrons. The van der Waals surface area contributed by atoms with Gasteiger partial charge in [-0.3, -0.25) is 9.09 Å². The van der Waals surface area contributed by atoms with Crippen molar-refractivity contribution in [3.63, 3.8) is 0 Å². The van der Waals surface area contributed by atoms with Crippen LogP contribution >= 0.6 is 0 Å². The van der Waals surface area contributed by atoms with Crippen molar-refractivity contribution in [1.82, 2.24) is 19.7 Å². The van der Waals surface area contributed by atoms with Gasteiger partial charge in [0.2, 0.25) is 0 Å². The molecule has 0 saturated heterocycles. The summed E-state index contributed by atoms with van der Waals surface area (Å²) < 4.78 is 18.9. The van der Waals surface area contributed by atoms with Crippen molar-refractivity contribution in [3.05, 3.63) is 75.8 Å². The lowest BCUT2D eigenvalue weighted by molar-refractivity contribution is 0.374. The van der Waals surface area contributed by atoms with Gasteiger partial charge in [0.1, 0.15) is 17.7 Å². The summed E-state index contributed by atoms with van der Waals surface area (Å²) in [5.41, 5.74) is 1.12. The van der Waals surface area contributed by atoms with Crippen molar-refractivity contribution in [1.29, 1.82) is 5.26 Å². The zero-order valence-electron chi connectivity index (χ0n) is 11.8. The summed E-state index contributed by atoms with van der Waals surface area (Å²) in [6, 6.07) is 7.80. The van der Waals surface area contributed by atoms with Crippen LogP contribution < -0.4 is 5.76 Å². The molecule has 23 heavy (non-hydrogen) atoms.